The molecular formula is C72H56BrN3O12. The molecule has 16 heteroatoms. The van der Waals surface area contributed by atoms with Gasteiger partial charge in [0.05, 0.1) is 66.1 Å². The van der Waals surface area contributed by atoms with Gasteiger partial charge in [-0.3, -0.25) is 14.4 Å². The lowest BCUT2D eigenvalue weighted by Crippen LogP contribution is -2.16. The largest absolute Gasteiger partial charge is 0.507 e. The van der Waals surface area contributed by atoms with Gasteiger partial charge >= 0.3 is 17.9 Å². The van der Waals surface area contributed by atoms with Crippen LogP contribution in [0.1, 0.15) is 73.3 Å². The fourth-order valence-electron chi connectivity index (χ4n) is 9.32. The van der Waals surface area contributed by atoms with Crippen molar-refractivity contribution in [3.8, 4) is 61.8 Å². The molecule has 0 saturated carbocycles. The Hall–Kier alpha value is -11.4. The highest BCUT2D eigenvalue weighted by atomic mass is 79.9. The van der Waals surface area contributed by atoms with Crippen molar-refractivity contribution in [2.45, 2.75) is 13.8 Å². The van der Waals surface area contributed by atoms with Crippen molar-refractivity contribution in [2.24, 2.45) is 0 Å². The highest BCUT2D eigenvalue weighted by molar-refractivity contribution is 9.10. The molecule has 11 rings (SSSR count). The first-order valence-corrected chi connectivity index (χ1v) is 28.1. The third kappa shape index (κ3) is 14.9. The number of phenols is 1. The molecular weight excluding hydrogens is 1180 g/mol. The number of benzene rings is 9. The smallest absolute Gasteiger partial charge is 0.339 e. The summed E-state index contributed by atoms with van der Waals surface area (Å²) >= 11 is 3.39. The molecule has 0 aliphatic heterocycles. The maximum absolute atomic E-state index is 13.2. The predicted octanol–water partition coefficient (Wildman–Crippen LogP) is 16.7. The third-order valence-corrected chi connectivity index (χ3v) is 14.4. The summed E-state index contributed by atoms with van der Waals surface area (Å²) in [5.41, 5.74) is 10.9. The Morgan fingerprint density at radius 1 is 0.375 bits per heavy atom. The van der Waals surface area contributed by atoms with E-state index in [1.165, 1.54) is 38.7 Å². The van der Waals surface area contributed by atoms with Crippen molar-refractivity contribution in [1.29, 1.82) is 0 Å². The molecule has 2 heterocycles. The van der Waals surface area contributed by atoms with Gasteiger partial charge in [0.2, 0.25) is 0 Å². The molecule has 0 radical (unpaired) electrons. The molecule has 0 fully saturated rings. The SMILES string of the molecule is COC(=O)c1ccc(-c2ccccc2)cc1NC(=O)c1cc(-c2ccco2)ccc1C.COC(=O)c1ccc(-c2ccccc2)cc1NC(=O)c1cc(Br)ccc1C.O=C(Nc1cc(-c2ccccc2)ccc1C(=O)O)c1cc(-c2ccco2)ccc1O. The van der Waals surface area contributed by atoms with Crippen molar-refractivity contribution in [1.82, 2.24) is 0 Å². The minimum atomic E-state index is -1.17. The molecule has 2 aromatic heterocycles. The van der Waals surface area contributed by atoms with Crippen molar-refractivity contribution in [2.75, 3.05) is 30.2 Å². The summed E-state index contributed by atoms with van der Waals surface area (Å²) in [4.78, 5) is 75.0. The second-order valence-electron chi connectivity index (χ2n) is 19.7. The highest BCUT2D eigenvalue weighted by Crippen LogP contribution is 2.33. The number of hydrogen-bond acceptors (Lipinski definition) is 11. The van der Waals surface area contributed by atoms with E-state index in [1.807, 2.05) is 147 Å². The van der Waals surface area contributed by atoms with Crippen LogP contribution in [0.4, 0.5) is 17.1 Å². The summed E-state index contributed by atoms with van der Waals surface area (Å²) in [5.74, 6) is -2.43. The van der Waals surface area contributed by atoms with E-state index in [-0.39, 0.29) is 39.9 Å². The second kappa shape index (κ2) is 28.5. The molecule has 0 unspecified atom stereocenters. The maximum atomic E-state index is 13.2. The number of aromatic carboxylic acids is 1. The van der Waals surface area contributed by atoms with Crippen LogP contribution >= 0.6 is 15.9 Å². The lowest BCUT2D eigenvalue weighted by atomic mass is 10.0. The van der Waals surface area contributed by atoms with Gasteiger partial charge in [0.1, 0.15) is 17.3 Å². The number of carboxylic acid groups (broad SMARTS) is 1. The van der Waals surface area contributed by atoms with Crippen LogP contribution in [-0.4, -0.2) is 60.1 Å². The first-order valence-electron chi connectivity index (χ1n) is 27.3. The number of esters is 2. The van der Waals surface area contributed by atoms with Gasteiger partial charge in [-0.2, -0.15) is 0 Å². The average Bonchev–Trinajstić information content (AvgIpc) is 3.57. The van der Waals surface area contributed by atoms with Gasteiger partial charge in [0.25, 0.3) is 17.7 Å². The van der Waals surface area contributed by atoms with Gasteiger partial charge in [0, 0.05) is 26.7 Å². The minimum Gasteiger partial charge on any atom is -0.507 e. The number of nitrogens with one attached hydrogen (secondary N) is 3. The van der Waals surface area contributed by atoms with Crippen LogP contribution in [0.3, 0.4) is 0 Å². The lowest BCUT2D eigenvalue weighted by Gasteiger charge is -2.14. The number of anilines is 3. The number of aryl methyl sites for hydroxylation is 2. The van der Waals surface area contributed by atoms with E-state index in [2.05, 4.69) is 31.9 Å². The standard InChI is InChI=1S/C26H21NO4.C24H17NO5.C22H18BrNO3/c1-17-10-11-20(24-9-6-14-31-24)15-22(17)25(28)27-23-16-19(18-7-4-3-5-8-18)12-13-21(23)26(29)30-2;26-21-11-9-17(22-7-4-12-30-22)13-19(21)23(27)25-20-14-16(8-10-18(20)24(28)29)15-5-2-1-3-6-15;1-14-8-10-17(23)13-19(14)21(25)24-20-12-16(15-6-4-3-5-7-15)9-11-18(20)22(26)27-2/h3-16H,1-2H3,(H,27,28);1-14,26H,(H,25,27)(H,28,29);3-13H,1-2H3,(H,24,25). The monoisotopic (exact) mass is 1230 g/mol. The summed E-state index contributed by atoms with van der Waals surface area (Å²) in [6.07, 6.45) is 3.10. The molecule has 0 atom stereocenters. The van der Waals surface area contributed by atoms with Gasteiger partial charge in [-0.25, -0.2) is 14.4 Å². The molecule has 0 bridgehead atoms. The normalized spacial score (nSPS) is 10.5. The number of rotatable bonds is 14. The molecule has 0 saturated heterocycles. The first kappa shape index (κ1) is 61.2. The number of phenolic OH excluding ortho intramolecular Hbond substituents is 1. The molecule has 3 amide bonds. The number of halogens is 1. The number of furan rings is 2. The Morgan fingerprint density at radius 2 is 0.739 bits per heavy atom. The van der Waals surface area contributed by atoms with Crippen LogP contribution in [0, 0.1) is 13.8 Å². The number of methoxy groups -OCH3 is 2. The number of ether oxygens (including phenoxy) is 2. The Bertz CT molecular complexity index is 4320. The summed E-state index contributed by atoms with van der Waals surface area (Å²) in [6, 6.07) is 66.8. The van der Waals surface area contributed by atoms with Crippen molar-refractivity contribution in [3.05, 3.63) is 286 Å². The van der Waals surface area contributed by atoms with Crippen LogP contribution in [0.2, 0.25) is 0 Å². The van der Waals surface area contributed by atoms with E-state index in [1.54, 1.807) is 79.1 Å². The van der Waals surface area contributed by atoms with Crippen LogP contribution in [0.5, 0.6) is 5.75 Å². The number of hydrogen-bond donors (Lipinski definition) is 5. The molecule has 15 nitrogen and oxygen atoms in total. The fraction of sp³-hybridized carbons (Fsp3) is 0.0556. The quantitative estimate of drug-likeness (QED) is 0.0642. The van der Waals surface area contributed by atoms with E-state index < -0.39 is 23.8 Å². The molecule has 0 aliphatic carbocycles. The summed E-state index contributed by atoms with van der Waals surface area (Å²) in [6.45, 7) is 3.73. The van der Waals surface area contributed by atoms with Crippen molar-refractivity contribution in [3.63, 3.8) is 0 Å². The zero-order valence-electron chi connectivity index (χ0n) is 47.9. The minimum absolute atomic E-state index is 0.00496. The van der Waals surface area contributed by atoms with Gasteiger partial charge < -0.3 is 44.5 Å². The van der Waals surface area contributed by atoms with Gasteiger partial charge in [-0.1, -0.05) is 143 Å². The number of aromatic hydroxyl groups is 1. The number of carbonyl (C=O) groups excluding carboxylic acids is 5. The van der Waals surface area contributed by atoms with Gasteiger partial charge in [0.15, 0.2) is 0 Å². The Balaban J connectivity index is 0.000000158. The Kier molecular flexibility index (Phi) is 19.8. The zero-order chi connectivity index (χ0) is 62.3. The summed E-state index contributed by atoms with van der Waals surface area (Å²) in [5, 5.41) is 28.1. The van der Waals surface area contributed by atoms with Crippen LogP contribution < -0.4 is 16.0 Å². The summed E-state index contributed by atoms with van der Waals surface area (Å²) < 4.78 is 21.3. The number of amides is 3. The van der Waals surface area contributed by atoms with Gasteiger partial charge in [-0.05, 0) is 155 Å². The van der Waals surface area contributed by atoms with E-state index in [4.69, 9.17) is 18.3 Å². The lowest BCUT2D eigenvalue weighted by molar-refractivity contribution is 0.0592. The average molecular weight is 1240 g/mol. The van der Waals surface area contributed by atoms with E-state index in [9.17, 15) is 39.0 Å². The highest BCUT2D eigenvalue weighted by Gasteiger charge is 2.22. The zero-order valence-corrected chi connectivity index (χ0v) is 49.5. The van der Waals surface area contributed by atoms with Gasteiger partial charge in [-0.15, -0.1) is 0 Å². The molecule has 11 aromatic rings. The molecule has 88 heavy (non-hydrogen) atoms. The second-order valence-corrected chi connectivity index (χ2v) is 20.6. The molecule has 9 aromatic carbocycles. The van der Waals surface area contributed by atoms with Crippen molar-refractivity contribution < 1.29 is 57.3 Å². The van der Waals surface area contributed by atoms with Crippen molar-refractivity contribution >= 4 is 68.6 Å². The summed E-state index contributed by atoms with van der Waals surface area (Å²) in [7, 11) is 2.63. The molecule has 0 spiro atoms. The Labute approximate surface area is 515 Å². The van der Waals surface area contributed by atoms with E-state index >= 15 is 0 Å². The topological polar surface area (TPSA) is 224 Å². The van der Waals surface area contributed by atoms with Crippen LogP contribution in [-0.2, 0) is 9.47 Å². The number of carbonyl (C=O) groups is 6. The van der Waals surface area contributed by atoms with E-state index in [0.717, 1.165) is 54.5 Å². The molecule has 438 valence electrons. The maximum Gasteiger partial charge on any atom is 0.339 e. The first-order chi connectivity index (χ1) is 42.6. The fourth-order valence-corrected chi connectivity index (χ4v) is 9.68. The van der Waals surface area contributed by atoms with Crippen LogP contribution in [0.15, 0.2) is 250 Å². The Morgan fingerprint density at radius 3 is 1.15 bits per heavy atom. The molecule has 0 aliphatic rings. The number of carboxylic acids is 1. The van der Waals surface area contributed by atoms with E-state index in [0.29, 0.717) is 45.1 Å². The third-order valence-electron chi connectivity index (χ3n) is 13.9. The predicted molar refractivity (Wildman–Crippen MR) is 343 cm³/mol. The molecule has 5 N–H and O–H groups in total. The van der Waals surface area contributed by atoms with Crippen LogP contribution in [0.25, 0.3) is 56.0 Å².